The van der Waals surface area contributed by atoms with E-state index in [1.807, 2.05) is 49.8 Å². The number of benzene rings is 1. The number of amides is 1. The molecule has 0 unspecified atom stereocenters. The van der Waals surface area contributed by atoms with E-state index in [2.05, 4.69) is 16.2 Å². The fourth-order valence-electron chi connectivity index (χ4n) is 2.96. The normalized spacial score (nSPS) is 21.5. The first kappa shape index (κ1) is 15.3. The highest BCUT2D eigenvalue weighted by atomic mass is 16.2. The fourth-order valence-corrected chi connectivity index (χ4v) is 2.96. The summed E-state index contributed by atoms with van der Waals surface area (Å²) in [5, 5.41) is 4.59. The van der Waals surface area contributed by atoms with Crippen molar-refractivity contribution in [3.8, 4) is 5.69 Å². The van der Waals surface area contributed by atoms with Gasteiger partial charge in [0.1, 0.15) is 0 Å². The number of carbonyl (C=O) groups is 1. The Kier molecular flexibility index (Phi) is 3.47. The van der Waals surface area contributed by atoms with Crippen molar-refractivity contribution in [1.82, 2.24) is 14.7 Å². The molecule has 0 aliphatic carbocycles. The van der Waals surface area contributed by atoms with Crippen LogP contribution in [0.4, 0.5) is 0 Å². The van der Waals surface area contributed by atoms with Gasteiger partial charge in [-0.1, -0.05) is 12.1 Å². The predicted octanol–water partition coefficient (Wildman–Crippen LogP) is 1.88. The van der Waals surface area contributed by atoms with Gasteiger partial charge in [0, 0.05) is 18.8 Å². The number of hydrogen-bond acceptors (Lipinski definition) is 4. The summed E-state index contributed by atoms with van der Waals surface area (Å²) in [6.07, 6.45) is 2.23. The molecule has 2 N–H and O–H groups in total. The van der Waals surface area contributed by atoms with Crippen molar-refractivity contribution in [3.63, 3.8) is 0 Å². The van der Waals surface area contributed by atoms with Gasteiger partial charge in [-0.05, 0) is 38.5 Å². The molecular formula is C17H21N5O. The molecule has 0 saturated carbocycles. The van der Waals surface area contributed by atoms with Gasteiger partial charge < -0.3 is 5.73 Å². The number of guanidine groups is 1. The smallest absolute Gasteiger partial charge is 0.231 e. The van der Waals surface area contributed by atoms with Crippen molar-refractivity contribution >= 4 is 11.9 Å². The first-order valence-electron chi connectivity index (χ1n) is 7.56. The number of hydrogen-bond donors (Lipinski definition) is 1. The molecule has 0 spiro atoms. The molecular weight excluding hydrogens is 290 g/mol. The second-order valence-electron chi connectivity index (χ2n) is 6.29. The van der Waals surface area contributed by atoms with Crippen LogP contribution in [-0.2, 0) is 10.3 Å². The molecule has 1 amide bonds. The molecule has 6 nitrogen and oxygen atoms in total. The van der Waals surface area contributed by atoms with Crippen LogP contribution in [0.3, 0.4) is 0 Å². The van der Waals surface area contributed by atoms with Gasteiger partial charge in [-0.25, -0.2) is 9.67 Å². The van der Waals surface area contributed by atoms with Crippen LogP contribution in [0.5, 0.6) is 0 Å². The Morgan fingerprint density at radius 3 is 2.70 bits per heavy atom. The molecule has 0 fully saturated rings. The number of nitrogens with zero attached hydrogens (tertiary/aromatic N) is 4. The van der Waals surface area contributed by atoms with Crippen molar-refractivity contribution in [1.29, 1.82) is 0 Å². The predicted molar refractivity (Wildman–Crippen MR) is 89.4 cm³/mol. The molecule has 2 heterocycles. The molecule has 23 heavy (non-hydrogen) atoms. The molecule has 1 aromatic carbocycles. The molecule has 0 bridgehead atoms. The third kappa shape index (κ3) is 2.60. The number of aliphatic imine (C=N–C) groups is 1. The molecule has 1 aromatic heterocycles. The SMILES string of the molecule is Cc1cccc(-n2cc([C@]3(C)CC(=O)N(C)C(N)=N3)c(C)n2)c1. The van der Waals surface area contributed by atoms with Crippen molar-refractivity contribution in [3.05, 3.63) is 47.3 Å². The van der Waals surface area contributed by atoms with E-state index >= 15 is 0 Å². The Balaban J connectivity index is 2.06. The fraction of sp³-hybridized carbons (Fsp3) is 0.353. The number of aryl methyl sites for hydroxylation is 2. The number of carbonyl (C=O) groups excluding carboxylic acids is 1. The highest BCUT2D eigenvalue weighted by Gasteiger charge is 2.38. The lowest BCUT2D eigenvalue weighted by atomic mass is 9.88. The van der Waals surface area contributed by atoms with E-state index in [1.54, 1.807) is 7.05 Å². The summed E-state index contributed by atoms with van der Waals surface area (Å²) in [7, 11) is 1.64. The van der Waals surface area contributed by atoms with Crippen LogP contribution in [0.25, 0.3) is 5.69 Å². The van der Waals surface area contributed by atoms with E-state index in [0.29, 0.717) is 0 Å². The summed E-state index contributed by atoms with van der Waals surface area (Å²) in [6, 6.07) is 8.11. The molecule has 3 rings (SSSR count). The quantitative estimate of drug-likeness (QED) is 0.920. The Labute approximate surface area is 135 Å². The Morgan fingerprint density at radius 1 is 1.30 bits per heavy atom. The minimum absolute atomic E-state index is 0.0392. The maximum Gasteiger partial charge on any atom is 0.231 e. The minimum Gasteiger partial charge on any atom is -0.369 e. The van der Waals surface area contributed by atoms with Gasteiger partial charge in [0.2, 0.25) is 5.91 Å². The van der Waals surface area contributed by atoms with Crippen LogP contribution in [-0.4, -0.2) is 33.6 Å². The average molecular weight is 311 g/mol. The van der Waals surface area contributed by atoms with Gasteiger partial charge in [-0.15, -0.1) is 0 Å². The Bertz CT molecular complexity index is 807. The van der Waals surface area contributed by atoms with Crippen LogP contribution in [0.15, 0.2) is 35.5 Å². The minimum atomic E-state index is -0.681. The molecule has 0 radical (unpaired) electrons. The molecule has 0 saturated heterocycles. The summed E-state index contributed by atoms with van der Waals surface area (Å²) >= 11 is 0. The number of aromatic nitrogens is 2. The van der Waals surface area contributed by atoms with Crippen LogP contribution in [0.1, 0.15) is 30.2 Å². The Hall–Kier alpha value is -2.63. The summed E-state index contributed by atoms with van der Waals surface area (Å²) in [4.78, 5) is 18.1. The Morgan fingerprint density at radius 2 is 2.04 bits per heavy atom. The van der Waals surface area contributed by atoms with Gasteiger partial charge in [0.05, 0.1) is 23.3 Å². The number of rotatable bonds is 2. The largest absolute Gasteiger partial charge is 0.369 e. The lowest BCUT2D eigenvalue weighted by Gasteiger charge is -2.33. The second kappa shape index (κ2) is 5.22. The van der Waals surface area contributed by atoms with Crippen LogP contribution in [0.2, 0.25) is 0 Å². The zero-order valence-corrected chi connectivity index (χ0v) is 13.9. The summed E-state index contributed by atoms with van der Waals surface area (Å²) < 4.78 is 1.83. The standard InChI is InChI=1S/C17H21N5O/c1-11-6-5-7-13(8-11)22-10-14(12(2)20-22)17(3)9-15(23)21(4)16(18)19-17/h5-8,10H,9H2,1-4H3,(H2,18,19)/t17-/m0/s1. The van der Waals surface area contributed by atoms with Crippen LogP contribution >= 0.6 is 0 Å². The van der Waals surface area contributed by atoms with Gasteiger partial charge in [-0.3, -0.25) is 9.69 Å². The third-order valence-electron chi connectivity index (χ3n) is 4.32. The van der Waals surface area contributed by atoms with E-state index in [4.69, 9.17) is 5.73 Å². The molecule has 2 aromatic rings. The van der Waals surface area contributed by atoms with E-state index in [1.165, 1.54) is 10.5 Å². The van der Waals surface area contributed by atoms with Crippen LogP contribution in [0, 0.1) is 13.8 Å². The van der Waals surface area contributed by atoms with Crippen LogP contribution < -0.4 is 5.73 Å². The maximum atomic E-state index is 12.2. The number of nitrogens with two attached hydrogens (primary N) is 1. The van der Waals surface area contributed by atoms with Crippen molar-refractivity contribution in [2.45, 2.75) is 32.7 Å². The van der Waals surface area contributed by atoms with Crippen molar-refractivity contribution < 1.29 is 4.79 Å². The molecule has 120 valence electrons. The molecule has 1 aliphatic rings. The topological polar surface area (TPSA) is 76.5 Å². The third-order valence-corrected chi connectivity index (χ3v) is 4.32. The summed E-state index contributed by atoms with van der Waals surface area (Å²) in [6.45, 7) is 5.90. The van der Waals surface area contributed by atoms with E-state index < -0.39 is 5.54 Å². The second-order valence-corrected chi connectivity index (χ2v) is 6.29. The summed E-state index contributed by atoms with van der Waals surface area (Å²) in [5.74, 6) is 0.203. The first-order chi connectivity index (χ1) is 10.8. The highest BCUT2D eigenvalue weighted by molar-refractivity contribution is 5.98. The monoisotopic (exact) mass is 311 g/mol. The van der Waals surface area contributed by atoms with Crippen molar-refractivity contribution in [2.24, 2.45) is 10.7 Å². The van der Waals surface area contributed by atoms with Gasteiger partial charge in [0.25, 0.3) is 0 Å². The summed E-state index contributed by atoms with van der Waals surface area (Å²) in [5.41, 5.74) is 9.14. The maximum absolute atomic E-state index is 12.2. The van der Waals surface area contributed by atoms with Gasteiger partial charge >= 0.3 is 0 Å². The van der Waals surface area contributed by atoms with E-state index in [9.17, 15) is 4.79 Å². The van der Waals surface area contributed by atoms with E-state index in [-0.39, 0.29) is 18.3 Å². The van der Waals surface area contributed by atoms with Gasteiger partial charge in [-0.2, -0.15) is 5.10 Å². The molecule has 1 atom stereocenters. The van der Waals surface area contributed by atoms with Crippen molar-refractivity contribution in [2.75, 3.05) is 7.05 Å². The molecule has 6 heteroatoms. The molecule has 1 aliphatic heterocycles. The van der Waals surface area contributed by atoms with E-state index in [0.717, 1.165) is 16.9 Å². The first-order valence-corrected chi connectivity index (χ1v) is 7.56. The highest BCUT2D eigenvalue weighted by Crippen LogP contribution is 2.34. The van der Waals surface area contributed by atoms with Gasteiger partial charge in [0.15, 0.2) is 5.96 Å². The average Bonchev–Trinajstić information content (AvgIpc) is 2.88. The zero-order chi connectivity index (χ0) is 16.8. The lowest BCUT2D eigenvalue weighted by Crippen LogP contribution is -2.47. The lowest BCUT2D eigenvalue weighted by molar-refractivity contribution is -0.128. The zero-order valence-electron chi connectivity index (χ0n) is 13.9.